The molecule has 0 spiro atoms. The lowest BCUT2D eigenvalue weighted by Gasteiger charge is -2.05. The minimum Gasteiger partial charge on any atom is -0.479 e. The largest absolute Gasteiger partial charge is 0.479 e. The van der Waals surface area contributed by atoms with Gasteiger partial charge in [-0.05, 0) is 0 Å². The molecule has 0 fully saturated rings. The van der Waals surface area contributed by atoms with E-state index in [2.05, 4.69) is 4.79 Å². The van der Waals surface area contributed by atoms with E-state index in [0.29, 0.717) is 0 Å². The Morgan fingerprint density at radius 3 is 2.15 bits per heavy atom. The van der Waals surface area contributed by atoms with Gasteiger partial charge in [0.2, 0.25) is 0 Å². The van der Waals surface area contributed by atoms with Gasteiger partial charge in [0.15, 0.2) is 0 Å². The van der Waals surface area contributed by atoms with Crippen molar-refractivity contribution in [2.24, 2.45) is 5.41 Å². The molecule has 0 rings (SSSR count). The summed E-state index contributed by atoms with van der Waals surface area (Å²) in [6, 6.07) is 2.63. The average molecular weight is 178 g/mol. The molecule has 0 aliphatic heterocycles. The topological polar surface area (TPSA) is 121 Å². The smallest absolute Gasteiger partial charge is 0.350 e. The van der Waals surface area contributed by atoms with E-state index in [4.69, 9.17) is 21.2 Å². The number of aliphatic carboxylic acids is 1. The molecule has 0 radical (unpaired) electrons. The molecule has 13 heavy (non-hydrogen) atoms. The van der Waals surface area contributed by atoms with Crippen molar-refractivity contribution < 1.29 is 14.7 Å². The number of nitriles is 2. The van der Waals surface area contributed by atoms with Gasteiger partial charge in [0.25, 0.3) is 0 Å². The fourth-order valence-electron chi connectivity index (χ4n) is 0.784. The van der Waals surface area contributed by atoms with Crippen molar-refractivity contribution in [3.63, 3.8) is 0 Å². The van der Waals surface area contributed by atoms with Gasteiger partial charge in [0, 0.05) is 6.42 Å². The van der Waals surface area contributed by atoms with Crippen molar-refractivity contribution in [3.05, 3.63) is 5.53 Å². The third-order valence-corrected chi connectivity index (χ3v) is 1.54. The molecular weight excluding hydrogens is 172 g/mol. The van der Waals surface area contributed by atoms with Crippen LogP contribution in [0.5, 0.6) is 0 Å². The number of rotatable bonds is 3. The normalized spacial score (nSPS) is 9.15. The highest BCUT2D eigenvalue weighted by molar-refractivity contribution is 6.09. The Labute approximate surface area is 74.3 Å². The molecule has 0 aliphatic rings. The monoisotopic (exact) mass is 178 g/mol. The van der Waals surface area contributed by atoms with Gasteiger partial charge in [0.05, 0.1) is 0 Å². The second-order valence-corrected chi connectivity index (χ2v) is 2.18. The molecule has 0 saturated carbocycles. The Hall–Kier alpha value is -2.17. The first-order valence-electron chi connectivity index (χ1n) is 3.36. The lowest BCUT2D eigenvalue weighted by Crippen LogP contribution is -2.37. The third kappa shape index (κ3) is 1.53. The first kappa shape index (κ1) is 10.8. The summed E-state index contributed by atoms with van der Waals surface area (Å²) < 4.78 is 0. The van der Waals surface area contributed by atoms with Crippen LogP contribution >= 0.6 is 0 Å². The van der Waals surface area contributed by atoms with Crippen LogP contribution in [-0.2, 0) is 4.79 Å². The first-order chi connectivity index (χ1) is 6.08. The average Bonchev–Trinajstić information content (AvgIpc) is 2.13. The van der Waals surface area contributed by atoms with E-state index in [9.17, 15) is 4.79 Å². The summed E-state index contributed by atoms with van der Waals surface area (Å²) in [5.41, 5.74) is 5.65. The van der Waals surface area contributed by atoms with E-state index in [1.807, 2.05) is 0 Å². The molecule has 1 N–H and O–H groups in total. The van der Waals surface area contributed by atoms with E-state index in [-0.39, 0.29) is 12.1 Å². The molecule has 66 valence electrons. The van der Waals surface area contributed by atoms with Crippen molar-refractivity contribution >= 4 is 11.7 Å². The van der Waals surface area contributed by atoms with E-state index in [1.54, 1.807) is 0 Å². The summed E-state index contributed by atoms with van der Waals surface area (Å²) in [6.07, 6.45) is 0.0178. The fourth-order valence-corrected chi connectivity index (χ4v) is 0.784. The summed E-state index contributed by atoms with van der Waals surface area (Å²) in [5.74, 6) is -1.63. The van der Waals surface area contributed by atoms with Crippen molar-refractivity contribution in [3.8, 4) is 12.1 Å². The van der Waals surface area contributed by atoms with Crippen LogP contribution in [0.25, 0.3) is 5.53 Å². The van der Waals surface area contributed by atoms with Crippen LogP contribution < -0.4 is 0 Å². The second kappa shape index (κ2) is 4.01. The van der Waals surface area contributed by atoms with Gasteiger partial charge in [-0.3, -0.25) is 0 Å². The van der Waals surface area contributed by atoms with E-state index in [1.165, 1.54) is 19.1 Å². The molecule has 0 bridgehead atoms. The Morgan fingerprint density at radius 2 is 2.08 bits per heavy atom. The number of hydrogen-bond acceptors (Lipinski definition) is 3. The quantitative estimate of drug-likeness (QED) is 0.376. The molecule has 0 unspecified atom stereocenters. The number of hydrogen-bond donors (Lipinski definition) is 1. The van der Waals surface area contributed by atoms with E-state index >= 15 is 0 Å². The third-order valence-electron chi connectivity index (χ3n) is 1.54. The number of carboxylic acids is 1. The number of nitrogens with zero attached hydrogens (tertiary/aromatic N) is 4. The zero-order valence-corrected chi connectivity index (χ0v) is 6.85. The summed E-state index contributed by atoms with van der Waals surface area (Å²) in [4.78, 5) is 13.2. The van der Waals surface area contributed by atoms with Gasteiger partial charge in [-0.1, -0.05) is 6.92 Å². The standard InChI is InChI=1S/C7H6N4O2/c1-2-5(11-10)7(3-8,4-9)6(12)13/h2H2,1H3,(H,12,13). The van der Waals surface area contributed by atoms with Crippen LogP contribution in [0.2, 0.25) is 0 Å². The summed E-state index contributed by atoms with van der Waals surface area (Å²) in [5, 5.41) is 25.7. The Kier molecular flexibility index (Phi) is 3.34. The molecule has 0 heterocycles. The Bertz CT molecular complexity index is 340. The summed E-state index contributed by atoms with van der Waals surface area (Å²) in [6.45, 7) is 1.49. The van der Waals surface area contributed by atoms with Crippen LogP contribution in [0.1, 0.15) is 13.3 Å². The molecule has 6 nitrogen and oxygen atoms in total. The molecule has 0 aromatic heterocycles. The molecule has 0 aromatic rings. The zero-order chi connectivity index (χ0) is 10.5. The van der Waals surface area contributed by atoms with Crippen LogP contribution in [0.3, 0.4) is 0 Å². The van der Waals surface area contributed by atoms with Crippen LogP contribution in [0, 0.1) is 28.1 Å². The van der Waals surface area contributed by atoms with Crippen molar-refractivity contribution in [2.45, 2.75) is 13.3 Å². The molecule has 0 aliphatic carbocycles. The highest BCUT2D eigenvalue weighted by atomic mass is 16.4. The predicted octanol–water partition coefficient (Wildman–Crippen LogP) is 0.185. The maximum Gasteiger partial charge on any atom is 0.350 e. The van der Waals surface area contributed by atoms with E-state index in [0.717, 1.165) is 0 Å². The van der Waals surface area contributed by atoms with E-state index < -0.39 is 11.4 Å². The lowest BCUT2D eigenvalue weighted by atomic mass is 9.85. The van der Waals surface area contributed by atoms with Crippen molar-refractivity contribution in [1.82, 2.24) is 0 Å². The van der Waals surface area contributed by atoms with Gasteiger partial charge in [0.1, 0.15) is 12.1 Å². The van der Waals surface area contributed by atoms with Crippen LogP contribution in [-0.4, -0.2) is 21.6 Å². The molecule has 6 heteroatoms. The second-order valence-electron chi connectivity index (χ2n) is 2.18. The van der Waals surface area contributed by atoms with Gasteiger partial charge >= 0.3 is 17.1 Å². The first-order valence-corrected chi connectivity index (χ1v) is 3.36. The highest BCUT2D eigenvalue weighted by Crippen LogP contribution is 2.18. The van der Waals surface area contributed by atoms with Gasteiger partial charge in [-0.2, -0.15) is 15.3 Å². The maximum atomic E-state index is 10.6. The summed E-state index contributed by atoms with van der Waals surface area (Å²) in [7, 11) is 0. The minimum atomic E-state index is -2.37. The zero-order valence-electron chi connectivity index (χ0n) is 6.85. The highest BCUT2D eigenvalue weighted by Gasteiger charge is 2.50. The van der Waals surface area contributed by atoms with Gasteiger partial charge in [-0.25, -0.2) is 4.79 Å². The SMILES string of the molecule is CCC(=[N+]=[N-])C(C#N)(C#N)C(=O)O. The van der Waals surface area contributed by atoms with Crippen LogP contribution in [0.4, 0.5) is 0 Å². The van der Waals surface area contributed by atoms with Gasteiger partial charge < -0.3 is 10.6 Å². The van der Waals surface area contributed by atoms with Crippen LogP contribution in [0.15, 0.2) is 0 Å². The van der Waals surface area contributed by atoms with Crippen molar-refractivity contribution in [1.29, 1.82) is 10.5 Å². The van der Waals surface area contributed by atoms with Gasteiger partial charge in [-0.15, -0.1) is 0 Å². The Morgan fingerprint density at radius 1 is 1.62 bits per heavy atom. The Balaban J connectivity index is 5.55. The van der Waals surface area contributed by atoms with Crippen molar-refractivity contribution in [2.75, 3.05) is 0 Å². The number of carboxylic acid groups (broad SMARTS) is 1. The molecule has 0 amide bonds. The molecular formula is C7H6N4O2. The minimum absolute atomic E-state index is 0.0178. The fraction of sp³-hybridized carbons (Fsp3) is 0.429. The molecule has 0 saturated heterocycles. The maximum absolute atomic E-state index is 10.6. The molecule has 0 aromatic carbocycles. The lowest BCUT2D eigenvalue weighted by molar-refractivity contribution is -0.141. The predicted molar refractivity (Wildman–Crippen MR) is 40.2 cm³/mol. The summed E-state index contributed by atoms with van der Waals surface area (Å²) >= 11 is 0. The molecule has 0 atom stereocenters. The number of carbonyl (C=O) groups is 1.